The van der Waals surface area contributed by atoms with Crippen LogP contribution in [-0.2, 0) is 0 Å². The summed E-state index contributed by atoms with van der Waals surface area (Å²) >= 11 is 0. The SMILES string of the molecule is N=C(c1cccc2ccccc12)N1CCCC1. The third-order valence-corrected chi connectivity index (χ3v) is 3.47. The normalized spacial score (nSPS) is 15.4. The van der Waals surface area contributed by atoms with Gasteiger partial charge < -0.3 is 4.90 Å². The van der Waals surface area contributed by atoms with E-state index in [0.29, 0.717) is 5.84 Å². The second-order valence-corrected chi connectivity index (χ2v) is 4.57. The molecular formula is C15H16N2. The van der Waals surface area contributed by atoms with Gasteiger partial charge in [0, 0.05) is 18.7 Å². The van der Waals surface area contributed by atoms with Crippen LogP contribution in [0.5, 0.6) is 0 Å². The highest BCUT2D eigenvalue weighted by atomic mass is 15.2. The quantitative estimate of drug-likeness (QED) is 0.584. The van der Waals surface area contributed by atoms with Crippen molar-refractivity contribution in [2.75, 3.05) is 13.1 Å². The number of rotatable bonds is 1. The first-order valence-corrected chi connectivity index (χ1v) is 6.18. The van der Waals surface area contributed by atoms with Crippen molar-refractivity contribution in [1.29, 1.82) is 5.41 Å². The predicted octanol–water partition coefficient (Wildman–Crippen LogP) is 3.26. The van der Waals surface area contributed by atoms with Gasteiger partial charge in [0.05, 0.1) is 0 Å². The zero-order valence-corrected chi connectivity index (χ0v) is 9.82. The number of hydrogen-bond donors (Lipinski definition) is 1. The summed E-state index contributed by atoms with van der Waals surface area (Å²) in [5.41, 5.74) is 1.06. The Bertz CT molecular complexity index is 548. The van der Waals surface area contributed by atoms with Crippen molar-refractivity contribution in [2.24, 2.45) is 0 Å². The maximum Gasteiger partial charge on any atom is 0.128 e. The molecule has 2 aromatic rings. The van der Waals surface area contributed by atoms with E-state index in [9.17, 15) is 0 Å². The molecule has 0 amide bonds. The highest BCUT2D eigenvalue weighted by Crippen LogP contribution is 2.21. The van der Waals surface area contributed by atoms with Gasteiger partial charge in [-0.05, 0) is 23.6 Å². The Labute approximate surface area is 101 Å². The molecule has 1 fully saturated rings. The van der Waals surface area contributed by atoms with Gasteiger partial charge in [0.25, 0.3) is 0 Å². The molecule has 2 aromatic carbocycles. The van der Waals surface area contributed by atoms with Gasteiger partial charge in [-0.2, -0.15) is 0 Å². The van der Waals surface area contributed by atoms with Gasteiger partial charge in [-0.15, -0.1) is 0 Å². The first-order chi connectivity index (χ1) is 8.36. The molecule has 0 saturated carbocycles. The lowest BCUT2D eigenvalue weighted by Crippen LogP contribution is -2.27. The number of hydrogen-bond acceptors (Lipinski definition) is 1. The minimum absolute atomic E-state index is 0.680. The fourth-order valence-electron chi connectivity index (χ4n) is 2.54. The van der Waals surface area contributed by atoms with Crippen LogP contribution in [0.15, 0.2) is 42.5 Å². The van der Waals surface area contributed by atoms with Crippen LogP contribution in [0.1, 0.15) is 18.4 Å². The van der Waals surface area contributed by atoms with Crippen molar-refractivity contribution in [1.82, 2.24) is 4.90 Å². The van der Waals surface area contributed by atoms with Gasteiger partial charge in [0.2, 0.25) is 0 Å². The van der Waals surface area contributed by atoms with Crippen LogP contribution >= 0.6 is 0 Å². The van der Waals surface area contributed by atoms with E-state index in [4.69, 9.17) is 5.41 Å². The second kappa shape index (κ2) is 4.21. The smallest absolute Gasteiger partial charge is 0.128 e. The third kappa shape index (κ3) is 1.80. The standard InChI is InChI=1S/C15H16N2/c16-15(17-10-3-4-11-17)14-9-5-7-12-6-1-2-8-13(12)14/h1-2,5-9,16H,3-4,10-11H2. The number of amidine groups is 1. The van der Waals surface area contributed by atoms with Crippen molar-refractivity contribution in [3.05, 3.63) is 48.0 Å². The summed E-state index contributed by atoms with van der Waals surface area (Å²) in [4.78, 5) is 2.18. The Morgan fingerprint density at radius 1 is 0.941 bits per heavy atom. The van der Waals surface area contributed by atoms with E-state index in [1.165, 1.54) is 23.6 Å². The van der Waals surface area contributed by atoms with E-state index in [-0.39, 0.29) is 0 Å². The Hall–Kier alpha value is -1.83. The van der Waals surface area contributed by atoms with Crippen LogP contribution in [0.25, 0.3) is 10.8 Å². The van der Waals surface area contributed by atoms with E-state index < -0.39 is 0 Å². The first-order valence-electron chi connectivity index (χ1n) is 6.18. The molecule has 0 radical (unpaired) electrons. The highest BCUT2D eigenvalue weighted by molar-refractivity contribution is 6.08. The average Bonchev–Trinajstić information content (AvgIpc) is 2.91. The van der Waals surface area contributed by atoms with Crippen molar-refractivity contribution in [2.45, 2.75) is 12.8 Å². The summed E-state index contributed by atoms with van der Waals surface area (Å²) in [6.07, 6.45) is 2.43. The molecule has 0 unspecified atom stereocenters. The lowest BCUT2D eigenvalue weighted by atomic mass is 10.0. The zero-order valence-electron chi connectivity index (χ0n) is 9.82. The fourth-order valence-corrected chi connectivity index (χ4v) is 2.54. The van der Waals surface area contributed by atoms with Crippen LogP contribution in [0, 0.1) is 5.41 Å². The fraction of sp³-hybridized carbons (Fsp3) is 0.267. The van der Waals surface area contributed by atoms with Gasteiger partial charge in [-0.25, -0.2) is 0 Å². The predicted molar refractivity (Wildman–Crippen MR) is 71.6 cm³/mol. The van der Waals surface area contributed by atoms with Crippen LogP contribution in [-0.4, -0.2) is 23.8 Å². The molecular weight excluding hydrogens is 208 g/mol. The topological polar surface area (TPSA) is 27.1 Å². The third-order valence-electron chi connectivity index (χ3n) is 3.47. The lowest BCUT2D eigenvalue weighted by Gasteiger charge is -2.19. The Kier molecular flexibility index (Phi) is 2.56. The molecule has 1 aliphatic rings. The summed E-state index contributed by atoms with van der Waals surface area (Å²) < 4.78 is 0. The maximum atomic E-state index is 8.33. The molecule has 0 bridgehead atoms. The molecule has 3 rings (SSSR count). The van der Waals surface area contributed by atoms with Crippen molar-refractivity contribution >= 4 is 16.6 Å². The Balaban J connectivity index is 2.07. The van der Waals surface area contributed by atoms with E-state index in [2.05, 4.69) is 29.2 Å². The molecule has 0 aliphatic carbocycles. The summed E-state index contributed by atoms with van der Waals surface area (Å²) in [7, 11) is 0. The lowest BCUT2D eigenvalue weighted by molar-refractivity contribution is 0.517. The molecule has 0 spiro atoms. The summed E-state index contributed by atoms with van der Waals surface area (Å²) in [6, 6.07) is 14.5. The monoisotopic (exact) mass is 224 g/mol. The maximum absolute atomic E-state index is 8.33. The minimum atomic E-state index is 0.680. The summed E-state index contributed by atoms with van der Waals surface area (Å²) in [5, 5.41) is 10.7. The zero-order chi connectivity index (χ0) is 11.7. The molecule has 1 heterocycles. The van der Waals surface area contributed by atoms with Crippen LogP contribution in [0.3, 0.4) is 0 Å². The van der Waals surface area contributed by atoms with Crippen molar-refractivity contribution in [3.8, 4) is 0 Å². The second-order valence-electron chi connectivity index (χ2n) is 4.57. The molecule has 1 saturated heterocycles. The van der Waals surface area contributed by atoms with Gasteiger partial charge in [0.1, 0.15) is 5.84 Å². The van der Waals surface area contributed by atoms with Gasteiger partial charge in [-0.1, -0.05) is 42.5 Å². The van der Waals surface area contributed by atoms with E-state index in [1.807, 2.05) is 18.2 Å². The van der Waals surface area contributed by atoms with Crippen LogP contribution in [0.4, 0.5) is 0 Å². The van der Waals surface area contributed by atoms with Gasteiger partial charge in [0.15, 0.2) is 0 Å². The summed E-state index contributed by atoms with van der Waals surface area (Å²) in [5.74, 6) is 0.680. The minimum Gasteiger partial charge on any atom is -0.357 e. The van der Waals surface area contributed by atoms with Gasteiger partial charge >= 0.3 is 0 Å². The molecule has 1 N–H and O–H groups in total. The molecule has 0 aromatic heterocycles. The number of fused-ring (bicyclic) bond motifs is 1. The molecule has 2 nitrogen and oxygen atoms in total. The van der Waals surface area contributed by atoms with Crippen LogP contribution in [0.2, 0.25) is 0 Å². The molecule has 17 heavy (non-hydrogen) atoms. The number of benzene rings is 2. The Morgan fingerprint density at radius 3 is 2.47 bits per heavy atom. The van der Waals surface area contributed by atoms with Crippen molar-refractivity contribution < 1.29 is 0 Å². The number of nitrogens with zero attached hydrogens (tertiary/aromatic N) is 1. The van der Waals surface area contributed by atoms with Crippen LogP contribution < -0.4 is 0 Å². The van der Waals surface area contributed by atoms with Gasteiger partial charge in [-0.3, -0.25) is 5.41 Å². The first kappa shape index (κ1) is 10.3. The highest BCUT2D eigenvalue weighted by Gasteiger charge is 2.17. The molecule has 1 aliphatic heterocycles. The molecule has 86 valence electrons. The average molecular weight is 224 g/mol. The largest absolute Gasteiger partial charge is 0.357 e. The van der Waals surface area contributed by atoms with Crippen molar-refractivity contribution in [3.63, 3.8) is 0 Å². The Morgan fingerprint density at radius 2 is 1.65 bits per heavy atom. The summed E-state index contributed by atoms with van der Waals surface area (Å²) in [6.45, 7) is 2.06. The van der Waals surface area contributed by atoms with E-state index >= 15 is 0 Å². The number of likely N-dealkylation sites (tertiary alicyclic amines) is 1. The number of nitrogens with one attached hydrogen (secondary N) is 1. The van der Waals surface area contributed by atoms with E-state index in [0.717, 1.165) is 18.7 Å². The molecule has 2 heteroatoms. The molecule has 0 atom stereocenters. The van der Waals surface area contributed by atoms with E-state index in [1.54, 1.807) is 0 Å².